The largest absolute Gasteiger partial charge is 0.383 e. The zero-order valence-corrected chi connectivity index (χ0v) is 9.59. The molecule has 1 fully saturated rings. The molecule has 0 unspecified atom stereocenters. The highest BCUT2D eigenvalue weighted by Gasteiger charge is 2.27. The number of nitrogens with zero attached hydrogens (tertiary/aromatic N) is 1. The summed E-state index contributed by atoms with van der Waals surface area (Å²) in [5, 5.41) is 3.36. The van der Waals surface area contributed by atoms with Crippen molar-refractivity contribution >= 4 is 0 Å². The second kappa shape index (κ2) is 7.21. The normalized spacial score (nSPS) is 16.5. The third-order valence-corrected chi connectivity index (χ3v) is 2.69. The van der Waals surface area contributed by atoms with Gasteiger partial charge in [0.05, 0.1) is 6.61 Å². The van der Waals surface area contributed by atoms with E-state index in [9.17, 15) is 0 Å². The molecule has 0 aromatic carbocycles. The first kappa shape index (κ1) is 12.0. The summed E-state index contributed by atoms with van der Waals surface area (Å²) in [6, 6.07) is 0.867. The Bertz CT molecular complexity index is 137. The van der Waals surface area contributed by atoms with Crippen LogP contribution in [-0.2, 0) is 4.74 Å². The van der Waals surface area contributed by atoms with Crippen LogP contribution in [0.15, 0.2) is 0 Å². The molecular weight excluding hydrogens is 176 g/mol. The average molecular weight is 200 g/mol. The molecule has 0 radical (unpaired) electrons. The van der Waals surface area contributed by atoms with Crippen molar-refractivity contribution in [2.45, 2.75) is 32.2 Å². The highest BCUT2D eigenvalue weighted by Crippen LogP contribution is 2.26. The number of hydrogen-bond acceptors (Lipinski definition) is 3. The summed E-state index contributed by atoms with van der Waals surface area (Å²) in [4.78, 5) is 2.57. The van der Waals surface area contributed by atoms with Crippen LogP contribution in [0.2, 0.25) is 0 Å². The van der Waals surface area contributed by atoms with Crippen LogP contribution in [0.1, 0.15) is 26.2 Å². The van der Waals surface area contributed by atoms with Crippen molar-refractivity contribution in [1.82, 2.24) is 10.2 Å². The van der Waals surface area contributed by atoms with Gasteiger partial charge in [-0.05, 0) is 38.9 Å². The molecule has 0 amide bonds. The van der Waals surface area contributed by atoms with Gasteiger partial charge >= 0.3 is 0 Å². The lowest BCUT2D eigenvalue weighted by Crippen LogP contribution is -2.32. The van der Waals surface area contributed by atoms with Gasteiger partial charge in [0.15, 0.2) is 0 Å². The highest BCUT2D eigenvalue weighted by molar-refractivity contribution is 4.84. The standard InChI is InChI=1S/C11H24N2O/c1-3-12-7-4-8-13(9-10-14-2)11-5-6-11/h11-12H,3-10H2,1-2H3. The lowest BCUT2D eigenvalue weighted by Gasteiger charge is -2.21. The van der Waals surface area contributed by atoms with E-state index in [1.807, 2.05) is 0 Å². The molecular formula is C11H24N2O. The molecule has 1 N–H and O–H groups in total. The second-order valence-corrected chi connectivity index (χ2v) is 3.97. The van der Waals surface area contributed by atoms with E-state index in [4.69, 9.17) is 4.74 Å². The maximum Gasteiger partial charge on any atom is 0.0589 e. The van der Waals surface area contributed by atoms with Crippen LogP contribution in [0, 0.1) is 0 Å². The van der Waals surface area contributed by atoms with Crippen molar-refractivity contribution in [1.29, 1.82) is 0 Å². The number of hydrogen-bond donors (Lipinski definition) is 1. The van der Waals surface area contributed by atoms with E-state index in [0.717, 1.165) is 32.3 Å². The average Bonchev–Trinajstić information content (AvgIpc) is 3.00. The van der Waals surface area contributed by atoms with Gasteiger partial charge in [-0.15, -0.1) is 0 Å². The molecule has 0 heterocycles. The fourth-order valence-electron chi connectivity index (χ4n) is 1.71. The van der Waals surface area contributed by atoms with E-state index in [2.05, 4.69) is 17.1 Å². The van der Waals surface area contributed by atoms with Crippen LogP contribution in [0.5, 0.6) is 0 Å². The molecule has 3 heteroatoms. The molecule has 0 spiro atoms. The highest BCUT2D eigenvalue weighted by atomic mass is 16.5. The topological polar surface area (TPSA) is 24.5 Å². The maximum absolute atomic E-state index is 5.12. The van der Waals surface area contributed by atoms with Crippen molar-refractivity contribution in [2.24, 2.45) is 0 Å². The summed E-state index contributed by atoms with van der Waals surface area (Å²) in [5.74, 6) is 0. The number of rotatable bonds is 9. The van der Waals surface area contributed by atoms with Crippen molar-refractivity contribution in [2.75, 3.05) is 39.9 Å². The summed E-state index contributed by atoms with van der Waals surface area (Å²) < 4.78 is 5.12. The molecule has 0 aromatic rings. The lowest BCUT2D eigenvalue weighted by molar-refractivity contribution is 0.142. The fraction of sp³-hybridized carbons (Fsp3) is 1.00. The molecule has 0 bridgehead atoms. The minimum absolute atomic E-state index is 0.867. The van der Waals surface area contributed by atoms with E-state index >= 15 is 0 Å². The Balaban J connectivity index is 2.02. The molecule has 1 rings (SSSR count). The maximum atomic E-state index is 5.12. The van der Waals surface area contributed by atoms with Crippen LogP contribution in [-0.4, -0.2) is 50.8 Å². The quantitative estimate of drug-likeness (QED) is 0.564. The van der Waals surface area contributed by atoms with E-state index in [1.165, 1.54) is 25.8 Å². The molecule has 0 saturated heterocycles. The van der Waals surface area contributed by atoms with Crippen molar-refractivity contribution in [3.05, 3.63) is 0 Å². The smallest absolute Gasteiger partial charge is 0.0589 e. The van der Waals surface area contributed by atoms with Crippen molar-refractivity contribution < 1.29 is 4.74 Å². The van der Waals surface area contributed by atoms with E-state index in [0.29, 0.717) is 0 Å². The fourth-order valence-corrected chi connectivity index (χ4v) is 1.71. The van der Waals surface area contributed by atoms with Gasteiger partial charge in [-0.3, -0.25) is 4.90 Å². The second-order valence-electron chi connectivity index (χ2n) is 3.97. The Morgan fingerprint density at radius 1 is 1.36 bits per heavy atom. The molecule has 0 aromatic heterocycles. The molecule has 0 aliphatic heterocycles. The number of methoxy groups -OCH3 is 1. The number of nitrogens with one attached hydrogen (secondary N) is 1. The van der Waals surface area contributed by atoms with Gasteiger partial charge in [-0.1, -0.05) is 6.92 Å². The zero-order valence-electron chi connectivity index (χ0n) is 9.59. The molecule has 1 saturated carbocycles. The zero-order chi connectivity index (χ0) is 10.2. The Morgan fingerprint density at radius 3 is 2.71 bits per heavy atom. The first-order valence-corrected chi connectivity index (χ1v) is 5.82. The van der Waals surface area contributed by atoms with E-state index in [1.54, 1.807) is 7.11 Å². The van der Waals surface area contributed by atoms with Gasteiger partial charge in [0.25, 0.3) is 0 Å². The van der Waals surface area contributed by atoms with Gasteiger partial charge in [0.2, 0.25) is 0 Å². The van der Waals surface area contributed by atoms with Gasteiger partial charge in [-0.25, -0.2) is 0 Å². The molecule has 0 atom stereocenters. The predicted molar refractivity (Wildman–Crippen MR) is 59.6 cm³/mol. The Morgan fingerprint density at radius 2 is 2.14 bits per heavy atom. The monoisotopic (exact) mass is 200 g/mol. The SMILES string of the molecule is CCNCCCN(CCOC)C1CC1. The lowest BCUT2D eigenvalue weighted by atomic mass is 10.3. The summed E-state index contributed by atoms with van der Waals surface area (Å²) in [5.41, 5.74) is 0. The molecule has 84 valence electrons. The van der Waals surface area contributed by atoms with E-state index < -0.39 is 0 Å². The minimum atomic E-state index is 0.867. The summed E-state index contributed by atoms with van der Waals surface area (Å²) in [7, 11) is 1.78. The Hall–Kier alpha value is -0.120. The molecule has 1 aliphatic carbocycles. The first-order chi connectivity index (χ1) is 6.88. The Labute approximate surface area is 87.8 Å². The molecule has 3 nitrogen and oxygen atoms in total. The summed E-state index contributed by atoms with van der Waals surface area (Å²) in [6.45, 7) is 7.59. The predicted octanol–water partition coefficient (Wildman–Crippen LogP) is 1.10. The van der Waals surface area contributed by atoms with Crippen LogP contribution < -0.4 is 5.32 Å². The summed E-state index contributed by atoms with van der Waals surface area (Å²) in [6.07, 6.45) is 4.05. The van der Waals surface area contributed by atoms with Crippen LogP contribution >= 0.6 is 0 Å². The van der Waals surface area contributed by atoms with Gasteiger partial charge in [-0.2, -0.15) is 0 Å². The first-order valence-electron chi connectivity index (χ1n) is 5.82. The summed E-state index contributed by atoms with van der Waals surface area (Å²) >= 11 is 0. The Kier molecular flexibility index (Phi) is 6.15. The van der Waals surface area contributed by atoms with Gasteiger partial charge in [0.1, 0.15) is 0 Å². The molecule has 1 aliphatic rings. The van der Waals surface area contributed by atoms with Crippen molar-refractivity contribution in [3.63, 3.8) is 0 Å². The van der Waals surface area contributed by atoms with Crippen molar-refractivity contribution in [3.8, 4) is 0 Å². The van der Waals surface area contributed by atoms with Crippen LogP contribution in [0.4, 0.5) is 0 Å². The van der Waals surface area contributed by atoms with E-state index in [-0.39, 0.29) is 0 Å². The molecule has 14 heavy (non-hydrogen) atoms. The third kappa shape index (κ3) is 4.94. The van der Waals surface area contributed by atoms with Gasteiger partial charge < -0.3 is 10.1 Å². The number of ether oxygens (including phenoxy) is 1. The minimum Gasteiger partial charge on any atom is -0.383 e. The van der Waals surface area contributed by atoms with Crippen LogP contribution in [0.3, 0.4) is 0 Å². The van der Waals surface area contributed by atoms with Crippen LogP contribution in [0.25, 0.3) is 0 Å². The van der Waals surface area contributed by atoms with Gasteiger partial charge in [0, 0.05) is 19.7 Å². The third-order valence-electron chi connectivity index (χ3n) is 2.69.